The fraction of sp³-hybridized carbons (Fsp3) is 0.231. The van der Waals surface area contributed by atoms with E-state index in [0.717, 1.165) is 21.9 Å². The Morgan fingerprint density at radius 2 is 1.16 bits per heavy atom. The van der Waals surface area contributed by atoms with Crippen LogP contribution in [-0.2, 0) is 10.9 Å². The van der Waals surface area contributed by atoms with Gasteiger partial charge >= 0.3 is 39.3 Å². The second-order valence-corrected chi connectivity index (χ2v) is 12.9. The van der Waals surface area contributed by atoms with Crippen molar-refractivity contribution in [3.8, 4) is 0 Å². The van der Waals surface area contributed by atoms with Gasteiger partial charge < -0.3 is 0 Å². The van der Waals surface area contributed by atoms with Gasteiger partial charge in [-0.15, -0.1) is 0 Å². The van der Waals surface area contributed by atoms with Gasteiger partial charge in [0, 0.05) is 16.5 Å². The van der Waals surface area contributed by atoms with Crippen molar-refractivity contribution in [3.63, 3.8) is 0 Å². The zero-order valence-electron chi connectivity index (χ0n) is 18.2. The van der Waals surface area contributed by atoms with E-state index >= 15 is 0 Å². The molecule has 0 aromatic heterocycles. The summed E-state index contributed by atoms with van der Waals surface area (Å²) in [5.41, 5.74) is 6.62. The number of rotatable bonds is 3. The molecule has 0 aliphatic heterocycles. The molecule has 1 aliphatic rings. The Bertz CT molecular complexity index is 1030. The molecule has 0 amide bonds. The summed E-state index contributed by atoms with van der Waals surface area (Å²) in [5, 5.41) is 17.8. The van der Waals surface area contributed by atoms with E-state index in [9.17, 15) is 0 Å². The second-order valence-electron chi connectivity index (χ2n) is 7.87. The zero-order chi connectivity index (χ0) is 23.1. The first-order chi connectivity index (χ1) is 14.8. The molecule has 2 N–H and O–H groups in total. The Morgan fingerprint density at radius 3 is 1.52 bits per heavy atom. The van der Waals surface area contributed by atoms with E-state index in [1.165, 1.54) is 27.6 Å². The summed E-state index contributed by atoms with van der Waals surface area (Å²) in [7, 11) is 1.25. The van der Waals surface area contributed by atoms with Crippen LogP contribution in [0.3, 0.4) is 0 Å². The monoisotopic (exact) mass is 584 g/mol. The van der Waals surface area contributed by atoms with Crippen molar-refractivity contribution in [2.45, 2.75) is 39.5 Å². The Balaban J connectivity index is 0.000000196. The summed E-state index contributed by atoms with van der Waals surface area (Å²) < 4.78 is 0. The molecule has 3 aromatic carbocycles. The fourth-order valence-corrected chi connectivity index (χ4v) is 3.87. The van der Waals surface area contributed by atoms with Crippen molar-refractivity contribution >= 4 is 56.7 Å². The molecule has 5 heteroatoms. The maximum absolute atomic E-state index is 7.80. The van der Waals surface area contributed by atoms with Gasteiger partial charge in [-0.05, 0) is 33.9 Å². The maximum atomic E-state index is 7.80. The summed E-state index contributed by atoms with van der Waals surface area (Å²) in [5.74, 6) is 1.14. The second kappa shape index (κ2) is 11.9. The Hall–Kier alpha value is -1.55. The van der Waals surface area contributed by atoms with Crippen molar-refractivity contribution in [2.24, 2.45) is 0 Å². The number of hydrogen-bond donors (Lipinski definition) is 2. The van der Waals surface area contributed by atoms with E-state index in [0.29, 0.717) is 23.3 Å². The third-order valence-electron chi connectivity index (χ3n) is 5.32. The molecule has 31 heavy (non-hydrogen) atoms. The van der Waals surface area contributed by atoms with E-state index in [2.05, 4.69) is 80.9 Å². The van der Waals surface area contributed by atoms with Gasteiger partial charge in [-0.2, -0.15) is 0 Å². The van der Waals surface area contributed by atoms with Crippen LogP contribution in [0.4, 0.5) is 0 Å². The standard InChI is InChI=1S/C14H20.C12H8N2.2BrH.Ni/c1-6-12-13(10(2)3)8-7-9-14(12)11(4)5;13-11-8-5-1-3-7-4-2-6-9(10(7)8)12(11)14;;;/h6-11H,1H2,2-5H3;1-6,13-14H;2*1H;/q;;;;+2/p-2. The van der Waals surface area contributed by atoms with Gasteiger partial charge in [-0.25, -0.2) is 0 Å². The van der Waals surface area contributed by atoms with Crippen LogP contribution in [0.1, 0.15) is 67.3 Å². The van der Waals surface area contributed by atoms with E-state index in [4.69, 9.17) is 10.8 Å². The van der Waals surface area contributed by atoms with Crippen LogP contribution in [0.2, 0.25) is 0 Å². The van der Waals surface area contributed by atoms with Crippen LogP contribution in [0.5, 0.6) is 0 Å². The molecule has 0 bridgehead atoms. The molecule has 0 fully saturated rings. The molecule has 1 aliphatic carbocycles. The van der Waals surface area contributed by atoms with Crippen LogP contribution >= 0.6 is 28.5 Å². The normalized spacial score (nSPS) is 12.0. The molecule has 0 spiro atoms. The summed E-state index contributed by atoms with van der Waals surface area (Å²) in [6.07, 6.45) is 1.99. The third-order valence-corrected chi connectivity index (χ3v) is 5.32. The molecule has 0 radical (unpaired) electrons. The van der Waals surface area contributed by atoms with E-state index < -0.39 is 0 Å². The number of nitrogens with one attached hydrogen (secondary N) is 2. The molecular formula is C26H28Br2N2Ni. The van der Waals surface area contributed by atoms with Crippen molar-refractivity contribution in [1.82, 2.24) is 0 Å². The molecule has 2 nitrogen and oxygen atoms in total. The zero-order valence-corrected chi connectivity index (χ0v) is 22.4. The van der Waals surface area contributed by atoms with Crippen LogP contribution in [0, 0.1) is 10.8 Å². The molecule has 0 atom stereocenters. The molecular weight excluding hydrogens is 559 g/mol. The van der Waals surface area contributed by atoms with Gasteiger partial charge in [0.15, 0.2) is 0 Å². The van der Waals surface area contributed by atoms with E-state index in [1.807, 2.05) is 42.5 Å². The van der Waals surface area contributed by atoms with Crippen molar-refractivity contribution in [1.29, 1.82) is 10.8 Å². The Morgan fingerprint density at radius 1 is 0.774 bits per heavy atom. The summed E-state index contributed by atoms with van der Waals surface area (Å²) in [4.78, 5) is 0. The average molecular weight is 587 g/mol. The van der Waals surface area contributed by atoms with Gasteiger partial charge in [0.25, 0.3) is 0 Å². The van der Waals surface area contributed by atoms with Crippen LogP contribution in [0.15, 0.2) is 61.2 Å². The quantitative estimate of drug-likeness (QED) is 0.288. The predicted octanol–water partition coefficient (Wildman–Crippen LogP) is 8.85. The topological polar surface area (TPSA) is 47.7 Å². The third kappa shape index (κ3) is 5.83. The summed E-state index contributed by atoms with van der Waals surface area (Å²) >= 11 is 6.00. The molecule has 0 heterocycles. The van der Waals surface area contributed by atoms with Crippen molar-refractivity contribution in [3.05, 3.63) is 89.0 Å². The first-order valence-corrected chi connectivity index (χ1v) is 14.9. The summed E-state index contributed by atoms with van der Waals surface area (Å²) in [6, 6.07) is 18.3. The van der Waals surface area contributed by atoms with Crippen LogP contribution in [-0.4, -0.2) is 11.4 Å². The molecule has 3 aromatic rings. The first-order valence-electron chi connectivity index (χ1n) is 10.1. The SMILES string of the molecule is C=Cc1c(C(C)C)cccc1C(C)C.N=C1C(=N)c2cccc3cccc1c23.[Br][Ni][Br]. The van der Waals surface area contributed by atoms with Gasteiger partial charge in [-0.1, -0.05) is 94.9 Å². The summed E-state index contributed by atoms with van der Waals surface area (Å²) in [6.45, 7) is 12.8. The van der Waals surface area contributed by atoms with Gasteiger partial charge in [0.05, 0.1) is 11.4 Å². The van der Waals surface area contributed by atoms with Gasteiger partial charge in [-0.3, -0.25) is 10.8 Å². The van der Waals surface area contributed by atoms with Crippen molar-refractivity contribution in [2.75, 3.05) is 0 Å². The minimum atomic E-state index is 0.344. The number of halogens is 2. The molecule has 0 unspecified atom stereocenters. The van der Waals surface area contributed by atoms with Gasteiger partial charge in [0.1, 0.15) is 0 Å². The van der Waals surface area contributed by atoms with Crippen molar-refractivity contribution < 1.29 is 10.9 Å². The minimum absolute atomic E-state index is 0.344. The Labute approximate surface area is 205 Å². The molecule has 0 saturated heterocycles. The van der Waals surface area contributed by atoms with Crippen LogP contribution in [0.25, 0.3) is 16.8 Å². The number of benzene rings is 3. The molecule has 4 rings (SSSR count). The van der Waals surface area contributed by atoms with Crippen LogP contribution < -0.4 is 0 Å². The molecule has 0 saturated carbocycles. The average Bonchev–Trinajstić information content (AvgIpc) is 3.01. The van der Waals surface area contributed by atoms with E-state index in [1.54, 1.807) is 0 Å². The van der Waals surface area contributed by atoms with E-state index in [-0.39, 0.29) is 0 Å². The number of hydrogen-bond acceptors (Lipinski definition) is 2. The molecule has 166 valence electrons. The first kappa shape index (κ1) is 25.7. The van der Waals surface area contributed by atoms with Gasteiger partial charge in [0.2, 0.25) is 0 Å². The Kier molecular flexibility index (Phi) is 9.87. The fourth-order valence-electron chi connectivity index (χ4n) is 3.87. The predicted molar refractivity (Wildman–Crippen MR) is 140 cm³/mol.